The Morgan fingerprint density at radius 1 is 1.15 bits per heavy atom. The first-order valence-corrected chi connectivity index (χ1v) is 6.87. The predicted molar refractivity (Wildman–Crippen MR) is 73.6 cm³/mol. The Hall–Kier alpha value is -2.30. The van der Waals surface area contributed by atoms with Crippen LogP contribution in [0.4, 0.5) is 0 Å². The van der Waals surface area contributed by atoms with Crippen LogP contribution in [-0.4, -0.2) is 27.0 Å². The Morgan fingerprint density at radius 2 is 1.90 bits per heavy atom. The van der Waals surface area contributed by atoms with Crippen LogP contribution in [0.3, 0.4) is 0 Å². The Bertz CT molecular complexity index is 754. The lowest BCUT2D eigenvalue weighted by Crippen LogP contribution is -2.33. The highest BCUT2D eigenvalue weighted by Crippen LogP contribution is 2.44. The van der Waals surface area contributed by atoms with Crippen molar-refractivity contribution in [1.29, 1.82) is 0 Å². The lowest BCUT2D eigenvalue weighted by atomic mass is 9.98. The van der Waals surface area contributed by atoms with Gasteiger partial charge in [0.1, 0.15) is 0 Å². The Labute approximate surface area is 115 Å². The maximum absolute atomic E-state index is 12.6. The van der Waals surface area contributed by atoms with Crippen LogP contribution in [0, 0.1) is 6.92 Å². The quantitative estimate of drug-likeness (QED) is 0.871. The monoisotopic (exact) mass is 269 g/mol. The summed E-state index contributed by atoms with van der Waals surface area (Å²) in [5.41, 5.74) is 3.00. The van der Waals surface area contributed by atoms with Crippen LogP contribution >= 0.6 is 0 Å². The zero-order valence-corrected chi connectivity index (χ0v) is 11.1. The van der Waals surface area contributed by atoms with Crippen molar-refractivity contribution in [2.45, 2.75) is 31.8 Å². The van der Waals surface area contributed by atoms with Gasteiger partial charge in [0.25, 0.3) is 11.5 Å². The number of nitrogens with zero attached hydrogens (tertiary/aromatic N) is 1. The highest BCUT2D eigenvalue weighted by Gasteiger charge is 2.46. The minimum absolute atomic E-state index is 0.0492. The van der Waals surface area contributed by atoms with E-state index in [2.05, 4.69) is 10.2 Å². The molecule has 2 aliphatic rings. The molecule has 2 heterocycles. The van der Waals surface area contributed by atoms with E-state index >= 15 is 0 Å². The Kier molecular flexibility index (Phi) is 2.22. The van der Waals surface area contributed by atoms with Gasteiger partial charge in [-0.2, -0.15) is 0 Å². The molecule has 0 saturated heterocycles. The summed E-state index contributed by atoms with van der Waals surface area (Å²) in [5, 5.41) is 5.48. The molecule has 1 amide bonds. The van der Waals surface area contributed by atoms with E-state index in [0.29, 0.717) is 5.56 Å². The summed E-state index contributed by atoms with van der Waals surface area (Å²) >= 11 is 0. The molecule has 0 radical (unpaired) electrons. The van der Waals surface area contributed by atoms with Gasteiger partial charge in [0.15, 0.2) is 0 Å². The van der Waals surface area contributed by atoms with E-state index in [9.17, 15) is 9.59 Å². The summed E-state index contributed by atoms with van der Waals surface area (Å²) in [7, 11) is 0. The van der Waals surface area contributed by atoms with E-state index in [-0.39, 0.29) is 23.6 Å². The van der Waals surface area contributed by atoms with Gasteiger partial charge in [0.2, 0.25) is 0 Å². The molecule has 1 aromatic heterocycles. The van der Waals surface area contributed by atoms with Crippen molar-refractivity contribution in [1.82, 2.24) is 15.1 Å². The fraction of sp³-hybridized carbons (Fsp3) is 0.333. The second-order valence-corrected chi connectivity index (χ2v) is 5.55. The third-order valence-electron chi connectivity index (χ3n) is 4.22. The lowest BCUT2D eigenvalue weighted by Gasteiger charge is -2.24. The molecular weight excluding hydrogens is 254 g/mol. The normalized spacial score (nSPS) is 21.4. The molecule has 1 aliphatic carbocycles. The van der Waals surface area contributed by atoms with Crippen molar-refractivity contribution in [3.63, 3.8) is 0 Å². The SMILES string of the molecule is Cc1[nH][nH]c(=O)c1C1c2ccccc2C(=O)N1C1CC1. The molecule has 20 heavy (non-hydrogen) atoms. The smallest absolute Gasteiger partial charge is 0.269 e. The van der Waals surface area contributed by atoms with Crippen LogP contribution in [0.1, 0.15) is 46.1 Å². The number of aromatic amines is 2. The largest absolute Gasteiger partial charge is 0.324 e. The topological polar surface area (TPSA) is 69.0 Å². The molecule has 2 N–H and O–H groups in total. The second kappa shape index (κ2) is 3.85. The molecular formula is C15H15N3O2. The van der Waals surface area contributed by atoms with E-state index in [1.54, 1.807) is 0 Å². The first kappa shape index (κ1) is 11.5. The van der Waals surface area contributed by atoms with Gasteiger partial charge in [-0.3, -0.25) is 14.7 Å². The van der Waals surface area contributed by atoms with Gasteiger partial charge in [-0.05, 0) is 31.4 Å². The number of carbonyl (C=O) groups is 1. The molecule has 2 aromatic rings. The molecule has 5 heteroatoms. The van der Waals surface area contributed by atoms with Gasteiger partial charge in [-0.15, -0.1) is 0 Å². The minimum Gasteiger partial charge on any atom is -0.324 e. The number of carbonyl (C=O) groups excluding carboxylic acids is 1. The number of nitrogens with one attached hydrogen (secondary N) is 2. The highest BCUT2D eigenvalue weighted by atomic mass is 16.2. The molecule has 1 aliphatic heterocycles. The molecule has 1 atom stereocenters. The molecule has 1 aromatic carbocycles. The number of aromatic nitrogens is 2. The molecule has 0 bridgehead atoms. The lowest BCUT2D eigenvalue weighted by molar-refractivity contribution is 0.0735. The van der Waals surface area contributed by atoms with Gasteiger partial charge in [-0.1, -0.05) is 18.2 Å². The first-order chi connectivity index (χ1) is 9.68. The maximum Gasteiger partial charge on any atom is 0.269 e. The number of amides is 1. The number of hydrogen-bond acceptors (Lipinski definition) is 2. The van der Waals surface area contributed by atoms with Crippen molar-refractivity contribution in [3.05, 3.63) is 57.0 Å². The zero-order valence-electron chi connectivity index (χ0n) is 11.1. The van der Waals surface area contributed by atoms with Crippen LogP contribution < -0.4 is 5.56 Å². The number of H-pyrrole nitrogens is 2. The van der Waals surface area contributed by atoms with Crippen molar-refractivity contribution in [2.24, 2.45) is 0 Å². The van der Waals surface area contributed by atoms with E-state index in [0.717, 1.165) is 29.7 Å². The molecule has 5 nitrogen and oxygen atoms in total. The highest BCUT2D eigenvalue weighted by molar-refractivity contribution is 6.00. The number of hydrogen-bond donors (Lipinski definition) is 2. The Balaban J connectivity index is 1.95. The standard InChI is InChI=1S/C15H15N3O2/c1-8-12(14(19)17-16-8)13-10-4-2-3-5-11(10)15(20)18(13)9-6-7-9/h2-5,9,13H,6-7H2,1H3,(H2,16,17,19). The predicted octanol–water partition coefficient (Wildman–Crippen LogP) is 1.72. The van der Waals surface area contributed by atoms with Gasteiger partial charge in [0.05, 0.1) is 11.6 Å². The molecule has 102 valence electrons. The molecule has 1 saturated carbocycles. The van der Waals surface area contributed by atoms with Crippen molar-refractivity contribution in [3.8, 4) is 0 Å². The van der Waals surface area contributed by atoms with Crippen molar-refractivity contribution < 1.29 is 4.79 Å². The number of benzene rings is 1. The fourth-order valence-electron chi connectivity index (χ4n) is 3.15. The summed E-state index contributed by atoms with van der Waals surface area (Å²) in [4.78, 5) is 26.6. The van der Waals surface area contributed by atoms with E-state index in [4.69, 9.17) is 0 Å². The van der Waals surface area contributed by atoms with Crippen LogP contribution in [-0.2, 0) is 0 Å². The summed E-state index contributed by atoms with van der Waals surface area (Å²) < 4.78 is 0. The number of rotatable bonds is 2. The van der Waals surface area contributed by atoms with Gasteiger partial charge in [0, 0.05) is 17.3 Å². The second-order valence-electron chi connectivity index (χ2n) is 5.55. The number of aryl methyl sites for hydroxylation is 1. The maximum atomic E-state index is 12.6. The third-order valence-corrected chi connectivity index (χ3v) is 4.22. The van der Waals surface area contributed by atoms with Crippen molar-refractivity contribution >= 4 is 5.91 Å². The molecule has 1 fully saturated rings. The average molecular weight is 269 g/mol. The fourth-order valence-corrected chi connectivity index (χ4v) is 3.15. The molecule has 0 spiro atoms. The van der Waals surface area contributed by atoms with Crippen LogP contribution in [0.2, 0.25) is 0 Å². The molecule has 4 rings (SSSR count). The van der Waals surface area contributed by atoms with Gasteiger partial charge in [-0.25, -0.2) is 0 Å². The zero-order chi connectivity index (χ0) is 13.9. The van der Waals surface area contributed by atoms with Gasteiger partial charge >= 0.3 is 0 Å². The average Bonchev–Trinajstić information content (AvgIpc) is 3.18. The summed E-state index contributed by atoms with van der Waals surface area (Å²) in [5.74, 6) is 0.0492. The van der Waals surface area contributed by atoms with E-state index < -0.39 is 0 Å². The van der Waals surface area contributed by atoms with Gasteiger partial charge < -0.3 is 10.00 Å². The van der Waals surface area contributed by atoms with E-state index in [1.807, 2.05) is 36.1 Å². The van der Waals surface area contributed by atoms with Crippen LogP contribution in [0.5, 0.6) is 0 Å². The number of fused-ring (bicyclic) bond motifs is 1. The summed E-state index contributed by atoms with van der Waals surface area (Å²) in [6, 6.07) is 7.62. The van der Waals surface area contributed by atoms with Crippen LogP contribution in [0.25, 0.3) is 0 Å². The minimum atomic E-state index is -0.249. The van der Waals surface area contributed by atoms with Crippen LogP contribution in [0.15, 0.2) is 29.1 Å². The summed E-state index contributed by atoms with van der Waals surface area (Å²) in [6.45, 7) is 1.86. The van der Waals surface area contributed by atoms with E-state index in [1.165, 1.54) is 0 Å². The first-order valence-electron chi connectivity index (χ1n) is 6.87. The Morgan fingerprint density at radius 3 is 2.55 bits per heavy atom. The van der Waals surface area contributed by atoms with Crippen molar-refractivity contribution in [2.75, 3.05) is 0 Å². The summed E-state index contributed by atoms with van der Waals surface area (Å²) in [6.07, 6.45) is 2.05. The molecule has 1 unspecified atom stereocenters. The third kappa shape index (κ3) is 1.43.